The summed E-state index contributed by atoms with van der Waals surface area (Å²) in [7, 11) is 0. The molecule has 0 fully saturated rings. The molecular formula is C72H48N4S. The van der Waals surface area contributed by atoms with Crippen molar-refractivity contribution in [3.8, 4) is 50.2 Å². The number of rotatable bonds is 9. The number of hydrogen-bond donors (Lipinski definition) is 1. The number of benzene rings is 11. The average molecular weight is 1000 g/mol. The minimum absolute atomic E-state index is 0.494. The van der Waals surface area contributed by atoms with E-state index < -0.39 is 5.41 Å². The van der Waals surface area contributed by atoms with Crippen molar-refractivity contribution in [2.45, 2.75) is 5.41 Å². The Morgan fingerprint density at radius 1 is 0.468 bits per heavy atom. The van der Waals surface area contributed by atoms with Crippen LogP contribution < -0.4 is 10.6 Å². The second-order valence-electron chi connectivity index (χ2n) is 20.0. The summed E-state index contributed by atoms with van der Waals surface area (Å²) in [6, 6.07) is 91.5. The molecule has 362 valence electrons. The van der Waals surface area contributed by atoms with Crippen LogP contribution in [0.25, 0.3) is 97.9 Å². The number of thiophene rings is 1. The van der Waals surface area contributed by atoms with Crippen molar-refractivity contribution in [2.24, 2.45) is 10.7 Å². The fraction of sp³-hybridized carbons (Fsp3) is 0.0139. The molecule has 77 heavy (non-hydrogen) atoms. The van der Waals surface area contributed by atoms with Crippen LogP contribution in [-0.2, 0) is 5.41 Å². The van der Waals surface area contributed by atoms with Gasteiger partial charge in [0.1, 0.15) is 0 Å². The van der Waals surface area contributed by atoms with Gasteiger partial charge in [0.25, 0.3) is 0 Å². The van der Waals surface area contributed by atoms with Gasteiger partial charge in [-0.15, -0.1) is 11.3 Å². The molecule has 0 aliphatic heterocycles. The lowest BCUT2D eigenvalue weighted by molar-refractivity contribution is 0.793. The Morgan fingerprint density at radius 2 is 1.00 bits per heavy atom. The third-order valence-electron chi connectivity index (χ3n) is 16.0. The van der Waals surface area contributed by atoms with Gasteiger partial charge >= 0.3 is 0 Å². The van der Waals surface area contributed by atoms with Crippen LogP contribution in [0.5, 0.6) is 0 Å². The molecule has 2 aliphatic carbocycles. The van der Waals surface area contributed by atoms with E-state index >= 15 is 0 Å². The van der Waals surface area contributed by atoms with Crippen molar-refractivity contribution in [3.63, 3.8) is 0 Å². The van der Waals surface area contributed by atoms with E-state index in [1.165, 1.54) is 87.6 Å². The summed E-state index contributed by atoms with van der Waals surface area (Å²) in [5.74, 6) is 0. The molecule has 0 saturated carbocycles. The molecule has 0 saturated heterocycles. The van der Waals surface area contributed by atoms with Gasteiger partial charge in [0.05, 0.1) is 22.1 Å². The Bertz CT molecular complexity index is 4520. The molecular weight excluding hydrogens is 953 g/mol. The summed E-state index contributed by atoms with van der Waals surface area (Å²) in [6.45, 7) is 4.67. The standard InChI is InChI=1S/C72H48N4S/c1-46(74-41-17-40-73)60-45-67-70(59-37-32-50(48-20-7-3-8-21-48)42-66(59)76(67)51-22-9-4-10-23-51)71-69(60)61-43-53(36-39-68(61)77-71)75(52-33-30-49(31-34-52)47-18-5-2-6-19-47)54-35-38-58-57-26-13-16-29-64(57)72(65(58)44-54)62-27-14-11-24-55(62)56-25-12-15-28-63(56)72/h2-45H,1,73H2/b40-17-,74-41?. The summed E-state index contributed by atoms with van der Waals surface area (Å²) in [4.78, 5) is 7.39. The molecule has 2 aliphatic rings. The van der Waals surface area contributed by atoms with Gasteiger partial charge in [0, 0.05) is 65.5 Å². The number of anilines is 3. The first-order valence-corrected chi connectivity index (χ1v) is 27.0. The summed E-state index contributed by atoms with van der Waals surface area (Å²) in [6.07, 6.45) is 4.99. The molecule has 2 aromatic heterocycles. The minimum atomic E-state index is -0.494. The SMILES string of the molecule is C=C(N=C/C=C\N)c1cc2c(c3ccc(-c4ccccc4)cc3n2-c2ccccc2)c2sc3ccc(N(c4ccc(-c5ccccc5)cc4)c4ccc5c(c4)C4(c6ccccc6-c6ccccc64)c4ccccc4-5)cc3c12. The van der Waals surface area contributed by atoms with Crippen molar-refractivity contribution < 1.29 is 0 Å². The Balaban J connectivity index is 0.994. The third kappa shape index (κ3) is 6.74. The van der Waals surface area contributed by atoms with E-state index in [1.807, 2.05) is 11.3 Å². The lowest BCUT2D eigenvalue weighted by Crippen LogP contribution is -2.26. The Kier molecular flexibility index (Phi) is 10.2. The minimum Gasteiger partial charge on any atom is -0.405 e. The molecule has 13 aromatic rings. The molecule has 0 radical (unpaired) electrons. The van der Waals surface area contributed by atoms with Crippen LogP contribution in [-0.4, -0.2) is 10.8 Å². The Morgan fingerprint density at radius 3 is 1.65 bits per heavy atom. The van der Waals surface area contributed by atoms with Crippen molar-refractivity contribution in [1.82, 2.24) is 4.57 Å². The maximum Gasteiger partial charge on any atom is 0.0726 e. The summed E-state index contributed by atoms with van der Waals surface area (Å²) in [5, 5.41) is 4.66. The molecule has 2 N–H and O–H groups in total. The monoisotopic (exact) mass is 1000 g/mol. The molecule has 0 amide bonds. The van der Waals surface area contributed by atoms with Crippen LogP contribution in [0.15, 0.2) is 273 Å². The third-order valence-corrected chi connectivity index (χ3v) is 17.2. The van der Waals surface area contributed by atoms with Crippen molar-refractivity contribution in [1.29, 1.82) is 0 Å². The highest BCUT2D eigenvalue weighted by Gasteiger charge is 2.51. The summed E-state index contributed by atoms with van der Waals surface area (Å²) in [5.41, 5.74) is 28.6. The number of aliphatic imine (C=N–C) groups is 1. The second kappa shape index (κ2) is 17.7. The summed E-state index contributed by atoms with van der Waals surface area (Å²) >= 11 is 1.84. The summed E-state index contributed by atoms with van der Waals surface area (Å²) < 4.78 is 4.78. The molecule has 1 spiro atoms. The van der Waals surface area contributed by atoms with E-state index in [9.17, 15) is 0 Å². The van der Waals surface area contributed by atoms with E-state index in [4.69, 9.17) is 10.7 Å². The number of aromatic nitrogens is 1. The van der Waals surface area contributed by atoms with Crippen LogP contribution in [0.3, 0.4) is 0 Å². The smallest absolute Gasteiger partial charge is 0.0726 e. The first-order valence-electron chi connectivity index (χ1n) is 26.2. The maximum atomic E-state index is 5.86. The van der Waals surface area contributed by atoms with Crippen molar-refractivity contribution in [2.75, 3.05) is 4.90 Å². The van der Waals surface area contributed by atoms with E-state index in [0.29, 0.717) is 5.70 Å². The van der Waals surface area contributed by atoms with Gasteiger partial charge in [0.2, 0.25) is 0 Å². The van der Waals surface area contributed by atoms with Gasteiger partial charge in [-0.05, 0) is 146 Å². The highest BCUT2D eigenvalue weighted by molar-refractivity contribution is 7.27. The van der Waals surface area contributed by atoms with E-state index in [2.05, 4.69) is 265 Å². The van der Waals surface area contributed by atoms with Crippen molar-refractivity contribution >= 4 is 82.3 Å². The molecule has 11 aromatic carbocycles. The first kappa shape index (κ1) is 44.7. The molecule has 5 heteroatoms. The van der Waals surface area contributed by atoms with Gasteiger partial charge in [-0.1, -0.05) is 189 Å². The fourth-order valence-corrected chi connectivity index (χ4v) is 14.1. The predicted molar refractivity (Wildman–Crippen MR) is 326 cm³/mol. The van der Waals surface area contributed by atoms with E-state index in [-0.39, 0.29) is 0 Å². The quantitative estimate of drug-likeness (QED) is 0.147. The molecule has 15 rings (SSSR count). The number of nitrogens with zero attached hydrogens (tertiary/aromatic N) is 3. The van der Waals surface area contributed by atoms with Crippen molar-refractivity contribution in [3.05, 3.63) is 295 Å². The van der Waals surface area contributed by atoms with Gasteiger partial charge < -0.3 is 15.2 Å². The topological polar surface area (TPSA) is 46.5 Å². The predicted octanol–water partition coefficient (Wildman–Crippen LogP) is 18.8. The maximum absolute atomic E-state index is 5.86. The lowest BCUT2D eigenvalue weighted by atomic mass is 9.70. The van der Waals surface area contributed by atoms with Gasteiger partial charge in [0.15, 0.2) is 0 Å². The fourth-order valence-electron chi connectivity index (χ4n) is 12.8. The first-order chi connectivity index (χ1) is 38.1. The molecule has 0 bridgehead atoms. The zero-order valence-electron chi connectivity index (χ0n) is 41.9. The zero-order chi connectivity index (χ0) is 51.2. The number of fused-ring (bicyclic) bond motifs is 17. The Labute approximate surface area is 450 Å². The normalized spacial score (nSPS) is 13.0. The largest absolute Gasteiger partial charge is 0.405 e. The van der Waals surface area contributed by atoms with Gasteiger partial charge in [-0.2, -0.15) is 0 Å². The highest BCUT2D eigenvalue weighted by atomic mass is 32.1. The Hall–Kier alpha value is -9.81. The number of para-hydroxylation sites is 1. The average Bonchev–Trinajstić information content (AvgIpc) is 4.31. The number of hydrogen-bond acceptors (Lipinski definition) is 4. The van der Waals surface area contributed by atoms with E-state index in [0.717, 1.165) is 55.7 Å². The van der Waals surface area contributed by atoms with Crippen LogP contribution in [0.4, 0.5) is 17.1 Å². The van der Waals surface area contributed by atoms with Crippen LogP contribution in [0.1, 0.15) is 27.8 Å². The molecule has 4 nitrogen and oxygen atoms in total. The molecule has 0 atom stereocenters. The molecule has 2 heterocycles. The van der Waals surface area contributed by atoms with Gasteiger partial charge in [-0.25, -0.2) is 0 Å². The van der Waals surface area contributed by atoms with Gasteiger partial charge in [-0.3, -0.25) is 4.99 Å². The number of allylic oxidation sites excluding steroid dienone is 1. The van der Waals surface area contributed by atoms with Crippen LogP contribution in [0, 0.1) is 0 Å². The highest BCUT2D eigenvalue weighted by Crippen LogP contribution is 2.63. The zero-order valence-corrected chi connectivity index (χ0v) is 42.8. The second-order valence-corrected chi connectivity index (χ2v) is 21.1. The lowest BCUT2D eigenvalue weighted by Gasteiger charge is -2.32. The number of nitrogens with two attached hydrogens (primary N) is 1. The van der Waals surface area contributed by atoms with Crippen LogP contribution >= 0.6 is 11.3 Å². The van der Waals surface area contributed by atoms with Crippen LogP contribution in [0.2, 0.25) is 0 Å². The molecule has 0 unspecified atom stereocenters. The van der Waals surface area contributed by atoms with E-state index in [1.54, 1.807) is 12.3 Å².